The van der Waals surface area contributed by atoms with Crippen LogP contribution in [0.3, 0.4) is 0 Å². The molecule has 0 fully saturated rings. The number of rotatable bonds is 7. The number of Topliss-reactive ketones (excluding diaryl/α,β-unsaturated/α-hetero) is 1. The third-order valence-corrected chi connectivity index (χ3v) is 2.33. The first-order valence-electron chi connectivity index (χ1n) is 5.42. The molecule has 0 bridgehead atoms. The summed E-state index contributed by atoms with van der Waals surface area (Å²) in [6.45, 7) is 8.29. The first-order chi connectivity index (χ1) is 7.83. The number of ether oxygens (including phenoxy) is 1. The number of hydrogen-bond donors (Lipinski definition) is 1. The van der Waals surface area contributed by atoms with Crippen molar-refractivity contribution in [2.75, 3.05) is 6.61 Å². The van der Waals surface area contributed by atoms with Crippen LogP contribution in [0.4, 0.5) is 0 Å². The molecule has 5 nitrogen and oxygen atoms in total. The van der Waals surface area contributed by atoms with Crippen LogP contribution in [0, 0.1) is 0 Å². The Labute approximate surface area is 101 Å². The Morgan fingerprint density at radius 2 is 2.00 bits per heavy atom. The summed E-state index contributed by atoms with van der Waals surface area (Å²) in [7, 11) is 0. The van der Waals surface area contributed by atoms with E-state index in [4.69, 9.17) is 4.74 Å². The van der Waals surface area contributed by atoms with Gasteiger partial charge in [-0.2, -0.15) is 0 Å². The molecule has 1 amide bonds. The number of hydrogen-bond acceptors (Lipinski definition) is 4. The molecule has 0 saturated heterocycles. The molecule has 0 radical (unpaired) electrons. The Kier molecular flexibility index (Phi) is 6.17. The second-order valence-electron chi connectivity index (χ2n) is 4.15. The summed E-state index contributed by atoms with van der Waals surface area (Å²) in [5.41, 5.74) is -0.662. The molecule has 0 aliphatic heterocycles. The quantitative estimate of drug-likeness (QED) is 0.409. The van der Waals surface area contributed by atoms with Gasteiger partial charge in [-0.15, -0.1) is 0 Å². The van der Waals surface area contributed by atoms with Gasteiger partial charge < -0.3 is 10.1 Å². The zero-order valence-corrected chi connectivity index (χ0v) is 10.5. The summed E-state index contributed by atoms with van der Waals surface area (Å²) in [5.74, 6) is -1.11. The molecule has 0 aromatic carbocycles. The van der Waals surface area contributed by atoms with E-state index < -0.39 is 11.5 Å². The van der Waals surface area contributed by atoms with E-state index in [-0.39, 0.29) is 24.7 Å². The number of nitrogens with one attached hydrogen (secondary N) is 1. The van der Waals surface area contributed by atoms with Crippen molar-refractivity contribution in [3.05, 3.63) is 12.7 Å². The van der Waals surface area contributed by atoms with Gasteiger partial charge in [0.2, 0.25) is 5.91 Å². The molecule has 0 rings (SSSR count). The fourth-order valence-electron chi connectivity index (χ4n) is 1.12. The fraction of sp³-hybridized carbons (Fsp3) is 0.583. The molecule has 1 N–H and O–H groups in total. The SMILES string of the molecule is C=CC(=O)OCC(C)(CC)NC(=O)CC(C)=O. The summed E-state index contributed by atoms with van der Waals surface area (Å²) >= 11 is 0. The molecule has 0 heterocycles. The van der Waals surface area contributed by atoms with Crippen molar-refractivity contribution in [1.82, 2.24) is 5.32 Å². The Bertz CT molecular complexity index is 324. The van der Waals surface area contributed by atoms with Crippen molar-refractivity contribution in [3.8, 4) is 0 Å². The van der Waals surface area contributed by atoms with Gasteiger partial charge in [-0.3, -0.25) is 9.59 Å². The highest BCUT2D eigenvalue weighted by Gasteiger charge is 2.26. The van der Waals surface area contributed by atoms with E-state index in [1.165, 1.54) is 6.92 Å². The van der Waals surface area contributed by atoms with Gasteiger partial charge in [-0.05, 0) is 20.3 Å². The van der Waals surface area contributed by atoms with Crippen LogP contribution in [0.1, 0.15) is 33.6 Å². The van der Waals surface area contributed by atoms with Gasteiger partial charge in [0, 0.05) is 6.08 Å². The molecule has 1 atom stereocenters. The fourth-order valence-corrected chi connectivity index (χ4v) is 1.12. The van der Waals surface area contributed by atoms with Gasteiger partial charge in [0.25, 0.3) is 0 Å². The second-order valence-corrected chi connectivity index (χ2v) is 4.15. The van der Waals surface area contributed by atoms with E-state index in [9.17, 15) is 14.4 Å². The van der Waals surface area contributed by atoms with Gasteiger partial charge in [0.15, 0.2) is 0 Å². The summed E-state index contributed by atoms with van der Waals surface area (Å²) in [4.78, 5) is 33.2. The van der Waals surface area contributed by atoms with Crippen LogP contribution in [0.15, 0.2) is 12.7 Å². The van der Waals surface area contributed by atoms with Gasteiger partial charge in [-0.25, -0.2) is 4.79 Å². The molecule has 17 heavy (non-hydrogen) atoms. The van der Waals surface area contributed by atoms with Crippen molar-refractivity contribution < 1.29 is 19.1 Å². The predicted molar refractivity (Wildman–Crippen MR) is 63.3 cm³/mol. The van der Waals surface area contributed by atoms with Gasteiger partial charge in [-0.1, -0.05) is 13.5 Å². The largest absolute Gasteiger partial charge is 0.460 e. The molecule has 0 aromatic rings. The molecule has 0 aliphatic carbocycles. The van der Waals surface area contributed by atoms with Crippen LogP contribution in [0.2, 0.25) is 0 Å². The summed E-state index contributed by atoms with van der Waals surface area (Å²) in [6.07, 6.45) is 1.49. The Hall–Kier alpha value is -1.65. The molecule has 96 valence electrons. The van der Waals surface area contributed by atoms with Crippen LogP contribution in [-0.2, 0) is 19.1 Å². The molecule has 5 heteroatoms. The van der Waals surface area contributed by atoms with Gasteiger partial charge in [0.05, 0.1) is 12.0 Å². The maximum Gasteiger partial charge on any atom is 0.330 e. The lowest BCUT2D eigenvalue weighted by molar-refractivity contribution is -0.141. The van der Waals surface area contributed by atoms with Gasteiger partial charge in [0.1, 0.15) is 12.4 Å². The first kappa shape index (κ1) is 15.3. The van der Waals surface area contributed by atoms with E-state index in [1.54, 1.807) is 6.92 Å². The lowest BCUT2D eigenvalue weighted by atomic mass is 10.00. The first-order valence-corrected chi connectivity index (χ1v) is 5.42. The Balaban J connectivity index is 4.35. The number of carbonyl (C=O) groups is 3. The Morgan fingerprint density at radius 1 is 1.41 bits per heavy atom. The highest BCUT2D eigenvalue weighted by Crippen LogP contribution is 2.10. The molecule has 0 aromatic heterocycles. The van der Waals surface area contributed by atoms with E-state index in [1.807, 2.05) is 6.92 Å². The van der Waals surface area contributed by atoms with Crippen LogP contribution >= 0.6 is 0 Å². The predicted octanol–water partition coefficient (Wildman–Crippen LogP) is 0.980. The van der Waals surface area contributed by atoms with Crippen LogP contribution in [0.5, 0.6) is 0 Å². The molecule has 0 saturated carbocycles. The van der Waals surface area contributed by atoms with Gasteiger partial charge >= 0.3 is 5.97 Å². The lowest BCUT2D eigenvalue weighted by Crippen LogP contribution is -2.49. The van der Waals surface area contributed by atoms with Crippen molar-refractivity contribution >= 4 is 17.7 Å². The van der Waals surface area contributed by atoms with E-state index >= 15 is 0 Å². The van der Waals surface area contributed by atoms with E-state index in [2.05, 4.69) is 11.9 Å². The zero-order chi connectivity index (χ0) is 13.5. The lowest BCUT2D eigenvalue weighted by Gasteiger charge is -2.28. The topological polar surface area (TPSA) is 72.5 Å². The minimum Gasteiger partial charge on any atom is -0.460 e. The number of carbonyl (C=O) groups excluding carboxylic acids is 3. The van der Waals surface area contributed by atoms with Crippen molar-refractivity contribution in [2.45, 2.75) is 39.2 Å². The summed E-state index contributed by atoms with van der Waals surface area (Å²) in [6, 6.07) is 0. The maximum absolute atomic E-state index is 11.4. The zero-order valence-electron chi connectivity index (χ0n) is 10.5. The third-order valence-electron chi connectivity index (χ3n) is 2.33. The highest BCUT2D eigenvalue weighted by molar-refractivity contribution is 5.97. The molecule has 0 spiro atoms. The second kappa shape index (κ2) is 6.83. The number of ketones is 1. The molecule has 1 unspecified atom stereocenters. The van der Waals surface area contributed by atoms with Crippen LogP contribution in [-0.4, -0.2) is 29.8 Å². The van der Waals surface area contributed by atoms with Crippen molar-refractivity contribution in [1.29, 1.82) is 0 Å². The summed E-state index contributed by atoms with van der Waals surface area (Å²) in [5, 5.41) is 2.68. The Morgan fingerprint density at radius 3 is 2.41 bits per heavy atom. The van der Waals surface area contributed by atoms with E-state index in [0.717, 1.165) is 6.08 Å². The molecular formula is C12H19NO4. The minimum atomic E-state index is -0.662. The van der Waals surface area contributed by atoms with Crippen molar-refractivity contribution in [3.63, 3.8) is 0 Å². The monoisotopic (exact) mass is 241 g/mol. The van der Waals surface area contributed by atoms with E-state index in [0.29, 0.717) is 6.42 Å². The number of amides is 1. The highest BCUT2D eigenvalue weighted by atomic mass is 16.5. The smallest absolute Gasteiger partial charge is 0.330 e. The molecular weight excluding hydrogens is 222 g/mol. The minimum absolute atomic E-state index is 0.0536. The third kappa shape index (κ3) is 6.50. The average molecular weight is 241 g/mol. The van der Waals surface area contributed by atoms with Crippen LogP contribution < -0.4 is 5.32 Å². The average Bonchev–Trinajstić information content (AvgIpc) is 2.24. The maximum atomic E-state index is 11.4. The normalized spacial score (nSPS) is 13.4. The molecule has 0 aliphatic rings. The summed E-state index contributed by atoms with van der Waals surface area (Å²) < 4.78 is 4.90. The number of esters is 1. The van der Waals surface area contributed by atoms with Crippen molar-refractivity contribution in [2.24, 2.45) is 0 Å². The van der Waals surface area contributed by atoms with Crippen LogP contribution in [0.25, 0.3) is 0 Å². The standard InChI is InChI=1S/C12H19NO4/c1-5-11(16)17-8-12(4,6-2)13-10(15)7-9(3)14/h5H,1,6-8H2,2-4H3,(H,13,15).